The van der Waals surface area contributed by atoms with Crippen LogP contribution >= 0.6 is 0 Å². The van der Waals surface area contributed by atoms with E-state index in [4.69, 9.17) is 4.74 Å². The van der Waals surface area contributed by atoms with E-state index in [2.05, 4.69) is 9.88 Å². The first-order valence-corrected chi connectivity index (χ1v) is 11.8. The molecule has 1 aliphatic carbocycles. The molecule has 176 valence electrons. The first kappa shape index (κ1) is 22.5. The molecule has 34 heavy (non-hydrogen) atoms. The van der Waals surface area contributed by atoms with E-state index in [1.165, 1.54) is 6.20 Å². The second-order valence-electron chi connectivity index (χ2n) is 8.95. The van der Waals surface area contributed by atoms with Gasteiger partial charge in [-0.1, -0.05) is 24.3 Å². The molecule has 2 aliphatic rings. The number of hydrogen-bond acceptors (Lipinski definition) is 4. The molecule has 1 aromatic heterocycles. The Kier molecular flexibility index (Phi) is 6.59. The zero-order valence-electron chi connectivity index (χ0n) is 19.0. The van der Waals surface area contributed by atoms with E-state index in [1.807, 2.05) is 36.4 Å². The van der Waals surface area contributed by atoms with Crippen LogP contribution in [0, 0.1) is 5.82 Å². The third-order valence-corrected chi connectivity index (χ3v) is 6.70. The van der Waals surface area contributed by atoms with Crippen molar-refractivity contribution in [3.05, 3.63) is 77.4 Å². The predicted molar refractivity (Wildman–Crippen MR) is 130 cm³/mol. The number of halogens is 2. The minimum absolute atomic E-state index is 0.101. The summed E-state index contributed by atoms with van der Waals surface area (Å²) >= 11 is 0. The number of likely N-dealkylation sites (tertiary alicyclic amines) is 1. The summed E-state index contributed by atoms with van der Waals surface area (Å²) in [5.74, 6) is 0.635. The van der Waals surface area contributed by atoms with Crippen LogP contribution in [-0.4, -0.2) is 47.4 Å². The Balaban J connectivity index is 1.39. The van der Waals surface area contributed by atoms with Gasteiger partial charge < -0.3 is 9.84 Å². The molecule has 4 nitrogen and oxygen atoms in total. The van der Waals surface area contributed by atoms with Crippen LogP contribution in [0.1, 0.15) is 36.0 Å². The van der Waals surface area contributed by atoms with Crippen LogP contribution < -0.4 is 4.74 Å². The van der Waals surface area contributed by atoms with Crippen LogP contribution in [0.4, 0.5) is 8.78 Å². The highest BCUT2D eigenvalue weighted by molar-refractivity contribution is 5.92. The Morgan fingerprint density at radius 2 is 1.94 bits per heavy atom. The lowest BCUT2D eigenvalue weighted by Crippen LogP contribution is -2.26. The molecule has 2 aromatic carbocycles. The number of pyridine rings is 1. The van der Waals surface area contributed by atoms with Gasteiger partial charge in [0.2, 0.25) is 0 Å². The summed E-state index contributed by atoms with van der Waals surface area (Å²) in [4.78, 5) is 6.09. The quantitative estimate of drug-likeness (QED) is 0.475. The van der Waals surface area contributed by atoms with Crippen molar-refractivity contribution in [3.63, 3.8) is 0 Å². The van der Waals surface area contributed by atoms with E-state index in [-0.39, 0.29) is 24.3 Å². The van der Waals surface area contributed by atoms with Gasteiger partial charge in [0.05, 0.1) is 12.9 Å². The smallest absolute Gasteiger partial charge is 0.148 e. The van der Waals surface area contributed by atoms with Gasteiger partial charge in [0.25, 0.3) is 0 Å². The molecule has 1 aliphatic heterocycles. The van der Waals surface area contributed by atoms with Crippen molar-refractivity contribution in [2.75, 3.05) is 26.3 Å². The van der Waals surface area contributed by atoms with Crippen molar-refractivity contribution >= 4 is 11.6 Å². The lowest BCUT2D eigenvalue weighted by atomic mass is 9.84. The van der Waals surface area contributed by atoms with Gasteiger partial charge >= 0.3 is 0 Å². The Bertz CT molecular complexity index is 1190. The van der Waals surface area contributed by atoms with Gasteiger partial charge in [0, 0.05) is 37.0 Å². The maximum absolute atomic E-state index is 14.4. The molecule has 1 N–H and O–H groups in total. The highest BCUT2D eigenvalue weighted by Gasteiger charge is 2.24. The van der Waals surface area contributed by atoms with Gasteiger partial charge in [-0.05, 0) is 72.2 Å². The van der Waals surface area contributed by atoms with E-state index in [1.54, 1.807) is 18.3 Å². The average molecular weight is 463 g/mol. The largest absolute Gasteiger partial charge is 0.507 e. The van der Waals surface area contributed by atoms with Crippen LogP contribution in [0.15, 0.2) is 54.9 Å². The van der Waals surface area contributed by atoms with Crippen LogP contribution in [0.2, 0.25) is 0 Å². The maximum atomic E-state index is 14.4. The van der Waals surface area contributed by atoms with Crippen LogP contribution in [0.25, 0.3) is 22.8 Å². The van der Waals surface area contributed by atoms with Gasteiger partial charge in [0.15, 0.2) is 0 Å². The normalized spacial score (nSPS) is 17.9. The highest BCUT2D eigenvalue weighted by Crippen LogP contribution is 2.41. The van der Waals surface area contributed by atoms with E-state index >= 15 is 0 Å². The van der Waals surface area contributed by atoms with E-state index in [0.29, 0.717) is 12.0 Å². The molecule has 0 unspecified atom stereocenters. The standard InChI is InChI=1S/C28H28F2N2O2/c29-12-1-14-32-15-11-23(18-32)34-22-7-4-20(5-8-22)28-25-16-21(24-10-13-31-17-26(24)30)3-2-19(25)6-9-27(28)33/h4-10,13,16-17,23,33H,1-3,11-12,14-15,18H2/t23-/m0/s1. The number of benzene rings is 2. The van der Waals surface area contributed by atoms with E-state index < -0.39 is 0 Å². The van der Waals surface area contributed by atoms with Crippen molar-refractivity contribution in [2.45, 2.75) is 31.8 Å². The summed E-state index contributed by atoms with van der Waals surface area (Å²) in [7, 11) is 0. The summed E-state index contributed by atoms with van der Waals surface area (Å²) in [5, 5.41) is 10.8. The van der Waals surface area contributed by atoms with Crippen molar-refractivity contribution in [1.82, 2.24) is 9.88 Å². The Morgan fingerprint density at radius 1 is 1.09 bits per heavy atom. The van der Waals surface area contributed by atoms with Crippen LogP contribution in [0.5, 0.6) is 11.5 Å². The lowest BCUT2D eigenvalue weighted by molar-refractivity contribution is 0.198. The number of ether oxygens (including phenoxy) is 1. The van der Waals surface area contributed by atoms with Crippen molar-refractivity contribution in [3.8, 4) is 22.6 Å². The first-order valence-electron chi connectivity index (χ1n) is 11.8. The summed E-state index contributed by atoms with van der Waals surface area (Å²) in [5.41, 5.74) is 5.13. The number of nitrogens with zero attached hydrogens (tertiary/aromatic N) is 2. The van der Waals surface area contributed by atoms with Crippen molar-refractivity contribution in [1.29, 1.82) is 0 Å². The number of aromatic nitrogens is 1. The minimum Gasteiger partial charge on any atom is -0.507 e. The molecular weight excluding hydrogens is 434 g/mol. The fourth-order valence-electron chi connectivity index (χ4n) is 4.97. The number of rotatable bonds is 7. The number of hydrogen-bond donors (Lipinski definition) is 1. The average Bonchev–Trinajstić information content (AvgIpc) is 3.30. The minimum atomic E-state index is -0.337. The Labute approximate surface area is 198 Å². The van der Waals surface area contributed by atoms with Gasteiger partial charge in [-0.25, -0.2) is 4.39 Å². The Hall–Kier alpha value is -3.25. The zero-order valence-corrected chi connectivity index (χ0v) is 19.0. The molecule has 3 aromatic rings. The molecule has 1 fully saturated rings. The second kappa shape index (κ2) is 9.94. The highest BCUT2D eigenvalue weighted by atomic mass is 19.1. The maximum Gasteiger partial charge on any atom is 0.148 e. The SMILES string of the molecule is Oc1ccc2c(c1-c1ccc(O[C@H]3CCN(CCCF)C3)cc1)C=C(c1ccncc1F)CC2. The van der Waals surface area contributed by atoms with Gasteiger partial charge in [-0.2, -0.15) is 0 Å². The summed E-state index contributed by atoms with van der Waals surface area (Å²) < 4.78 is 32.9. The van der Waals surface area contributed by atoms with Crippen molar-refractivity contribution < 1.29 is 18.6 Å². The molecule has 1 atom stereocenters. The van der Waals surface area contributed by atoms with Gasteiger partial charge in [-0.15, -0.1) is 0 Å². The van der Waals surface area contributed by atoms with Crippen LogP contribution in [-0.2, 0) is 6.42 Å². The molecule has 1 saturated heterocycles. The zero-order chi connectivity index (χ0) is 23.5. The number of allylic oxidation sites excluding steroid dienone is 1. The van der Waals surface area contributed by atoms with Crippen molar-refractivity contribution in [2.24, 2.45) is 0 Å². The number of aromatic hydroxyl groups is 1. The van der Waals surface area contributed by atoms with E-state index in [0.717, 1.165) is 72.5 Å². The number of phenolic OH excluding ortho intramolecular Hbond substituents is 1. The fraction of sp³-hybridized carbons (Fsp3) is 0.321. The molecule has 0 saturated carbocycles. The fourth-order valence-corrected chi connectivity index (χ4v) is 4.97. The van der Waals surface area contributed by atoms with Gasteiger partial charge in [0.1, 0.15) is 23.4 Å². The predicted octanol–water partition coefficient (Wildman–Crippen LogP) is 5.89. The number of alkyl halides is 1. The molecule has 0 spiro atoms. The van der Waals surface area contributed by atoms with Crippen LogP contribution in [0.3, 0.4) is 0 Å². The molecule has 6 heteroatoms. The molecule has 5 rings (SSSR count). The molecular formula is C28H28F2N2O2. The third kappa shape index (κ3) is 4.68. The van der Waals surface area contributed by atoms with Gasteiger partial charge in [-0.3, -0.25) is 14.3 Å². The number of phenols is 1. The molecule has 2 heterocycles. The monoisotopic (exact) mass is 462 g/mol. The first-order chi connectivity index (χ1) is 16.6. The molecule has 0 bridgehead atoms. The van der Waals surface area contributed by atoms with E-state index in [9.17, 15) is 13.9 Å². The topological polar surface area (TPSA) is 45.6 Å². The molecule has 0 radical (unpaired) electrons. The lowest BCUT2D eigenvalue weighted by Gasteiger charge is -2.21. The summed E-state index contributed by atoms with van der Waals surface area (Å²) in [6.45, 7) is 2.23. The number of fused-ring (bicyclic) bond motifs is 1. The number of aryl methyl sites for hydroxylation is 1. The molecule has 0 amide bonds. The Morgan fingerprint density at radius 3 is 2.74 bits per heavy atom. The summed E-state index contributed by atoms with van der Waals surface area (Å²) in [6.07, 6.45) is 7.92. The second-order valence-corrected chi connectivity index (χ2v) is 8.95. The summed E-state index contributed by atoms with van der Waals surface area (Å²) in [6, 6.07) is 13.1. The third-order valence-electron chi connectivity index (χ3n) is 6.70.